The molecular weight excluding hydrogens is 274 g/mol. The van der Waals surface area contributed by atoms with Crippen molar-refractivity contribution in [3.63, 3.8) is 0 Å². The van der Waals surface area contributed by atoms with Gasteiger partial charge in [0.15, 0.2) is 0 Å². The predicted octanol–water partition coefficient (Wildman–Crippen LogP) is 4.29. The lowest BCUT2D eigenvalue weighted by molar-refractivity contribution is 0.114. The van der Waals surface area contributed by atoms with Gasteiger partial charge in [-0.05, 0) is 56.7 Å². The molecule has 0 saturated carbocycles. The molecule has 0 amide bonds. The first-order valence-corrected chi connectivity index (χ1v) is 8.60. The van der Waals surface area contributed by atoms with Crippen molar-refractivity contribution in [2.45, 2.75) is 51.5 Å². The molecule has 3 nitrogen and oxygen atoms in total. The van der Waals surface area contributed by atoms with Crippen molar-refractivity contribution in [3.8, 4) is 5.75 Å². The topological polar surface area (TPSA) is 36.6 Å². The fourth-order valence-electron chi connectivity index (χ4n) is 4.44. The summed E-state index contributed by atoms with van der Waals surface area (Å²) < 4.78 is 6.19. The number of rotatable bonds is 0. The molecule has 0 spiro atoms. The molecule has 0 radical (unpaired) electrons. The van der Waals surface area contributed by atoms with Crippen LogP contribution in [0.15, 0.2) is 22.6 Å². The van der Waals surface area contributed by atoms with Gasteiger partial charge in [-0.2, -0.15) is 0 Å². The fraction of sp³-hybridized carbons (Fsp3) is 0.579. The minimum absolute atomic E-state index is 0.330. The van der Waals surface area contributed by atoms with Gasteiger partial charge in [-0.15, -0.1) is 0 Å². The van der Waals surface area contributed by atoms with Crippen molar-refractivity contribution >= 4 is 11.0 Å². The quantitative estimate of drug-likeness (QED) is 0.788. The zero-order valence-corrected chi connectivity index (χ0v) is 13.5. The number of aromatic hydroxyl groups is 1. The van der Waals surface area contributed by atoms with E-state index in [9.17, 15) is 5.11 Å². The second-order valence-electron chi connectivity index (χ2n) is 7.30. The number of fused-ring (bicyclic) bond motifs is 5. The van der Waals surface area contributed by atoms with Crippen molar-refractivity contribution < 1.29 is 9.52 Å². The molecule has 1 aromatic heterocycles. The largest absolute Gasteiger partial charge is 0.508 e. The number of piperidine rings is 1. The number of furan rings is 1. The standard InChI is InChI=1S/C19H25NO2/c1-12-9-14-4-3-13(2)20(11-14)8-7-16-17-10-15(21)5-6-18(17)22-19(12)16/h5-6,10,12-14,21H,3-4,7-9,11H2,1-2H3. The summed E-state index contributed by atoms with van der Waals surface area (Å²) in [6, 6.07) is 6.18. The highest BCUT2D eigenvalue weighted by Crippen LogP contribution is 2.39. The molecule has 0 aliphatic carbocycles. The SMILES string of the molecule is CC1CC2CCC(C)N(CCc3c1oc1ccc(O)cc31)C2. The Kier molecular flexibility index (Phi) is 3.41. The number of phenols is 1. The van der Waals surface area contributed by atoms with Crippen LogP contribution in [-0.4, -0.2) is 29.1 Å². The number of nitrogens with zero attached hydrogens (tertiary/aromatic N) is 1. The van der Waals surface area contributed by atoms with E-state index in [0.29, 0.717) is 17.7 Å². The van der Waals surface area contributed by atoms with Crippen molar-refractivity contribution in [1.82, 2.24) is 4.90 Å². The average molecular weight is 299 g/mol. The minimum atomic E-state index is 0.330. The maximum Gasteiger partial charge on any atom is 0.134 e. The Bertz CT molecular complexity index is 690. The summed E-state index contributed by atoms with van der Waals surface area (Å²) in [7, 11) is 0. The first kappa shape index (κ1) is 14.1. The van der Waals surface area contributed by atoms with Gasteiger partial charge < -0.3 is 14.4 Å². The van der Waals surface area contributed by atoms with Crippen LogP contribution in [0.5, 0.6) is 5.75 Å². The number of hydrogen-bond donors (Lipinski definition) is 1. The molecule has 1 N–H and O–H groups in total. The van der Waals surface area contributed by atoms with Gasteiger partial charge >= 0.3 is 0 Å². The van der Waals surface area contributed by atoms with Crippen LogP contribution in [0.2, 0.25) is 0 Å². The third-order valence-electron chi connectivity index (χ3n) is 5.70. The van der Waals surface area contributed by atoms with E-state index in [2.05, 4.69) is 18.7 Å². The lowest BCUT2D eigenvalue weighted by Gasteiger charge is -2.38. The van der Waals surface area contributed by atoms with E-state index in [-0.39, 0.29) is 0 Å². The third-order valence-corrected chi connectivity index (χ3v) is 5.70. The van der Waals surface area contributed by atoms with Crippen molar-refractivity contribution in [1.29, 1.82) is 0 Å². The van der Waals surface area contributed by atoms with Crippen LogP contribution in [0.1, 0.15) is 50.4 Å². The van der Waals surface area contributed by atoms with Gasteiger partial charge in [-0.1, -0.05) is 6.92 Å². The van der Waals surface area contributed by atoms with Crippen molar-refractivity contribution in [3.05, 3.63) is 29.5 Å². The van der Waals surface area contributed by atoms with E-state index >= 15 is 0 Å². The maximum absolute atomic E-state index is 9.84. The number of hydrogen-bond acceptors (Lipinski definition) is 3. The molecule has 2 bridgehead atoms. The Labute approximate surface area is 131 Å². The Hall–Kier alpha value is -1.48. The van der Waals surface area contributed by atoms with Crippen LogP contribution in [-0.2, 0) is 6.42 Å². The van der Waals surface area contributed by atoms with E-state index in [1.807, 2.05) is 12.1 Å². The van der Waals surface area contributed by atoms with Gasteiger partial charge in [0.05, 0.1) is 0 Å². The van der Waals surface area contributed by atoms with E-state index in [0.717, 1.165) is 35.6 Å². The molecule has 4 rings (SSSR count). The summed E-state index contributed by atoms with van der Waals surface area (Å²) in [5.41, 5.74) is 2.24. The zero-order chi connectivity index (χ0) is 15.3. The molecule has 2 aliphatic rings. The van der Waals surface area contributed by atoms with Crippen LogP contribution in [0.25, 0.3) is 11.0 Å². The summed E-state index contributed by atoms with van der Waals surface area (Å²) >= 11 is 0. The van der Waals surface area contributed by atoms with Gasteiger partial charge in [-0.3, -0.25) is 0 Å². The molecule has 4 atom stereocenters. The molecule has 3 heteroatoms. The summed E-state index contributed by atoms with van der Waals surface area (Å²) in [5.74, 6) is 2.74. The molecular formula is C19H25NO2. The molecule has 1 saturated heterocycles. The van der Waals surface area contributed by atoms with Crippen LogP contribution in [0, 0.1) is 5.92 Å². The van der Waals surface area contributed by atoms with E-state index in [1.54, 1.807) is 6.07 Å². The number of phenolic OH excluding ortho intramolecular Hbond substituents is 1. The molecule has 1 fully saturated rings. The minimum Gasteiger partial charge on any atom is -0.508 e. The average Bonchev–Trinajstić information content (AvgIpc) is 2.86. The Balaban J connectivity index is 1.79. The Morgan fingerprint density at radius 3 is 2.95 bits per heavy atom. The maximum atomic E-state index is 9.84. The summed E-state index contributed by atoms with van der Waals surface area (Å²) in [5, 5.41) is 10.9. The van der Waals surface area contributed by atoms with E-state index in [4.69, 9.17) is 4.42 Å². The van der Waals surface area contributed by atoms with Gasteiger partial charge in [0, 0.05) is 36.0 Å². The molecule has 1 aromatic carbocycles. The summed E-state index contributed by atoms with van der Waals surface area (Å²) in [6.07, 6.45) is 4.90. The third kappa shape index (κ3) is 2.32. The summed E-state index contributed by atoms with van der Waals surface area (Å²) in [4.78, 5) is 2.65. The van der Waals surface area contributed by atoms with Crippen LogP contribution in [0.3, 0.4) is 0 Å². The number of benzene rings is 1. The highest BCUT2D eigenvalue weighted by atomic mass is 16.3. The van der Waals surface area contributed by atoms with Gasteiger partial charge in [0.25, 0.3) is 0 Å². The van der Waals surface area contributed by atoms with Gasteiger partial charge in [0.1, 0.15) is 17.1 Å². The smallest absolute Gasteiger partial charge is 0.134 e. The lowest BCUT2D eigenvalue weighted by Crippen LogP contribution is -2.42. The highest BCUT2D eigenvalue weighted by molar-refractivity contribution is 5.84. The molecule has 2 aliphatic heterocycles. The van der Waals surface area contributed by atoms with Crippen LogP contribution < -0.4 is 0 Å². The predicted molar refractivity (Wildman–Crippen MR) is 88.4 cm³/mol. The van der Waals surface area contributed by atoms with Gasteiger partial charge in [-0.25, -0.2) is 0 Å². The Morgan fingerprint density at radius 1 is 1.23 bits per heavy atom. The second kappa shape index (κ2) is 5.31. The lowest BCUT2D eigenvalue weighted by atomic mass is 9.86. The van der Waals surface area contributed by atoms with Crippen molar-refractivity contribution in [2.24, 2.45) is 5.92 Å². The molecule has 2 aromatic rings. The van der Waals surface area contributed by atoms with E-state index < -0.39 is 0 Å². The molecule has 22 heavy (non-hydrogen) atoms. The fourth-order valence-corrected chi connectivity index (χ4v) is 4.44. The molecule has 4 unspecified atom stereocenters. The monoisotopic (exact) mass is 299 g/mol. The second-order valence-corrected chi connectivity index (χ2v) is 7.30. The normalized spacial score (nSPS) is 32.1. The zero-order valence-electron chi connectivity index (χ0n) is 13.5. The first-order chi connectivity index (χ1) is 10.6. The van der Waals surface area contributed by atoms with E-state index in [1.165, 1.54) is 31.4 Å². The van der Waals surface area contributed by atoms with Gasteiger partial charge in [0.2, 0.25) is 0 Å². The Morgan fingerprint density at radius 2 is 2.09 bits per heavy atom. The van der Waals surface area contributed by atoms with Crippen LogP contribution in [0.4, 0.5) is 0 Å². The van der Waals surface area contributed by atoms with Crippen LogP contribution >= 0.6 is 0 Å². The highest BCUT2D eigenvalue weighted by Gasteiger charge is 2.31. The molecule has 3 heterocycles. The molecule has 118 valence electrons. The summed E-state index contributed by atoms with van der Waals surface area (Å²) in [6.45, 7) is 6.99. The van der Waals surface area contributed by atoms with Crippen molar-refractivity contribution in [2.75, 3.05) is 13.1 Å². The first-order valence-electron chi connectivity index (χ1n) is 8.60.